The van der Waals surface area contributed by atoms with Gasteiger partial charge in [0.1, 0.15) is 0 Å². The zero-order valence-corrected chi connectivity index (χ0v) is 14.5. The summed E-state index contributed by atoms with van der Waals surface area (Å²) >= 11 is 0. The molecule has 0 aromatic rings. The largest absolute Gasteiger partial charge is 0.460 e. The third-order valence-electron chi connectivity index (χ3n) is 3.07. The van der Waals surface area contributed by atoms with E-state index in [1.165, 1.54) is 0 Å². The summed E-state index contributed by atoms with van der Waals surface area (Å²) in [6.07, 6.45) is -7.87. The van der Waals surface area contributed by atoms with E-state index in [0.29, 0.717) is 0 Å². The van der Waals surface area contributed by atoms with Crippen LogP contribution < -0.4 is 12.3 Å². The van der Waals surface area contributed by atoms with E-state index < -0.39 is 55.0 Å². The molecule has 0 aromatic heterocycles. The van der Waals surface area contributed by atoms with Gasteiger partial charge in [0.05, 0.1) is 0 Å². The van der Waals surface area contributed by atoms with Crippen molar-refractivity contribution in [3.8, 4) is 0 Å². The average Bonchev–Trinajstić information content (AvgIpc) is 2.43. The minimum absolute atomic E-state index is 0. The van der Waals surface area contributed by atoms with Crippen molar-refractivity contribution in [2.24, 2.45) is 0 Å². The Bertz CT molecular complexity index is 683. The van der Waals surface area contributed by atoms with Crippen LogP contribution in [0.5, 0.6) is 0 Å². The maximum Gasteiger partial charge on any atom is 0.460 e. The lowest BCUT2D eigenvalue weighted by Crippen LogP contribution is -2.74. The summed E-state index contributed by atoms with van der Waals surface area (Å²) < 4.78 is 225. The first-order valence-corrected chi connectivity index (χ1v) is 7.38. The minimum atomic E-state index is -8.86. The molecule has 0 saturated carbocycles. The normalized spacial score (nSPS) is 15.8. The lowest BCUT2D eigenvalue weighted by Gasteiger charge is -2.42. The van der Waals surface area contributed by atoms with Gasteiger partial charge in [0.25, 0.3) is 0 Å². The second-order valence-electron chi connectivity index (χ2n) is 5.03. The molecule has 8 N–H and O–H groups in total. The molecule has 0 rings (SSSR count). The van der Waals surface area contributed by atoms with Gasteiger partial charge in [-0.15, -0.1) is 0 Å². The fourth-order valence-corrected chi connectivity index (χ4v) is 1.84. The Morgan fingerprint density at radius 1 is 0.419 bits per heavy atom. The van der Waals surface area contributed by atoms with Crippen LogP contribution >= 0.6 is 7.60 Å². The summed E-state index contributed by atoms with van der Waals surface area (Å²) in [6, 6.07) is 0. The lowest BCUT2D eigenvalue weighted by atomic mass is 9.91. The molecule has 0 saturated heterocycles. The van der Waals surface area contributed by atoms with Gasteiger partial charge in [-0.1, -0.05) is 0 Å². The Balaban J connectivity index is -0.00000392. The highest BCUT2D eigenvalue weighted by Crippen LogP contribution is 2.69. The Labute approximate surface area is 157 Å². The van der Waals surface area contributed by atoms with Crippen molar-refractivity contribution in [2.75, 3.05) is 0 Å². The molecule has 0 heterocycles. The number of hydrogen-bond donors (Lipinski definition) is 4. The van der Waals surface area contributed by atoms with Crippen LogP contribution in [0.15, 0.2) is 0 Å². The van der Waals surface area contributed by atoms with Gasteiger partial charge in [-0.3, -0.25) is 4.57 Å². The van der Waals surface area contributed by atoms with E-state index in [1.807, 2.05) is 0 Å². The summed E-state index contributed by atoms with van der Waals surface area (Å²) in [6.45, 7) is 0. The van der Waals surface area contributed by atoms with E-state index in [9.17, 15) is 79.2 Å². The van der Waals surface area contributed by atoms with Crippen molar-refractivity contribution in [1.29, 1.82) is 0 Å². The van der Waals surface area contributed by atoms with Crippen molar-refractivity contribution in [3.63, 3.8) is 0 Å². The van der Waals surface area contributed by atoms with Gasteiger partial charge in [0, 0.05) is 0 Å². The summed E-state index contributed by atoms with van der Waals surface area (Å²) in [5.41, 5.74) is -7.70. The molecule has 0 spiro atoms. The Hall–Kier alpha value is -1.12. The average molecular weight is 534 g/mol. The van der Waals surface area contributed by atoms with Gasteiger partial charge < -0.3 is 22.1 Å². The van der Waals surface area contributed by atoms with Crippen LogP contribution in [-0.2, 0) is 4.57 Å². The number of hydrogen-bond acceptors (Lipinski definition) is 3. The molecule has 23 heteroatoms. The van der Waals surface area contributed by atoms with Crippen LogP contribution in [0, 0.1) is 0 Å². The summed E-state index contributed by atoms with van der Waals surface area (Å²) in [4.78, 5) is 15.6. The van der Waals surface area contributed by atoms with E-state index in [4.69, 9.17) is 9.79 Å². The minimum Gasteiger partial charge on any atom is -0.344 e. The zero-order valence-electron chi connectivity index (χ0n) is 13.6. The van der Waals surface area contributed by atoms with Crippen LogP contribution in [0.1, 0.15) is 0 Å². The number of rotatable bonds is 7. The summed E-state index contributed by atoms with van der Waals surface area (Å²) in [7, 11) is -7.97. The first-order chi connectivity index (χ1) is 12.0. The molecule has 0 radical (unpaired) electrons. The maximum absolute atomic E-state index is 13.1. The zero-order chi connectivity index (χ0) is 24.5. The Morgan fingerprint density at radius 2 is 0.613 bits per heavy atom. The molecule has 0 aliphatic carbocycles. The highest BCUT2D eigenvalue weighted by molar-refractivity contribution is 7.53. The molecular weight excluding hydrogens is 526 g/mol. The molecular formula is C8H8F17N2O3P. The second kappa shape index (κ2) is 8.03. The summed E-state index contributed by atoms with van der Waals surface area (Å²) in [5, 5.41) is 0. The molecule has 5 nitrogen and oxygen atoms in total. The molecule has 0 unspecified atom stereocenters. The van der Waals surface area contributed by atoms with Crippen LogP contribution in [-0.4, -0.2) is 57.2 Å². The molecule has 0 atom stereocenters. The van der Waals surface area contributed by atoms with E-state index >= 15 is 0 Å². The third-order valence-corrected chi connectivity index (χ3v) is 4.08. The predicted octanol–water partition coefficient (Wildman–Crippen LogP) is 5.46. The maximum atomic E-state index is 13.1. The summed E-state index contributed by atoms with van der Waals surface area (Å²) in [5.74, 6) is -51.8. The molecule has 31 heavy (non-hydrogen) atoms. The van der Waals surface area contributed by atoms with Crippen molar-refractivity contribution < 1.29 is 89.0 Å². The van der Waals surface area contributed by atoms with Crippen molar-refractivity contribution in [3.05, 3.63) is 0 Å². The molecule has 0 bridgehead atoms. The van der Waals surface area contributed by atoms with E-state index in [0.717, 1.165) is 0 Å². The van der Waals surface area contributed by atoms with E-state index in [1.54, 1.807) is 0 Å². The van der Waals surface area contributed by atoms with Gasteiger partial charge in [-0.2, -0.15) is 74.6 Å². The SMILES string of the molecule is N.N.O=P(O)(O)C(F)(F)C(F)(F)C(F)(F)C(F)(F)C(F)(F)C(F)(F)C(F)(F)C(F)(F)F. The van der Waals surface area contributed by atoms with Gasteiger partial charge >= 0.3 is 55.0 Å². The number of alkyl halides is 17. The monoisotopic (exact) mass is 534 g/mol. The van der Waals surface area contributed by atoms with Gasteiger partial charge in [0.2, 0.25) is 0 Å². The van der Waals surface area contributed by atoms with Gasteiger partial charge in [-0.25, -0.2) is 0 Å². The number of halogens is 17. The lowest BCUT2D eigenvalue weighted by molar-refractivity contribution is -0.458. The van der Waals surface area contributed by atoms with E-state index in [2.05, 4.69) is 0 Å². The van der Waals surface area contributed by atoms with Crippen LogP contribution in [0.25, 0.3) is 0 Å². The molecule has 0 aliphatic heterocycles. The molecule has 0 amide bonds. The highest BCUT2D eigenvalue weighted by atomic mass is 31.2. The van der Waals surface area contributed by atoms with Gasteiger partial charge in [-0.05, 0) is 0 Å². The quantitative estimate of drug-likeness (QED) is 0.255. The standard InChI is InChI=1S/C8H2F17O3P.2H3N/c9-1(10,3(13,14)5(17,18)7(21,22)23)2(11,12)4(15,16)6(19,20)8(24,25)29(26,27)28;;/h(H2,26,27,28);2*1H3. The fourth-order valence-electron chi connectivity index (χ4n) is 1.34. The van der Waals surface area contributed by atoms with Crippen molar-refractivity contribution in [1.82, 2.24) is 12.3 Å². The van der Waals surface area contributed by atoms with Crippen LogP contribution in [0.3, 0.4) is 0 Å². The molecule has 192 valence electrons. The van der Waals surface area contributed by atoms with Crippen LogP contribution in [0.4, 0.5) is 74.6 Å². The Morgan fingerprint density at radius 3 is 0.806 bits per heavy atom. The van der Waals surface area contributed by atoms with Crippen LogP contribution in [0.2, 0.25) is 0 Å². The molecule has 0 fully saturated rings. The van der Waals surface area contributed by atoms with Gasteiger partial charge in [0.15, 0.2) is 0 Å². The first-order valence-electron chi connectivity index (χ1n) is 5.77. The Kier molecular flexibility index (Phi) is 8.93. The molecule has 0 aliphatic rings. The van der Waals surface area contributed by atoms with Crippen molar-refractivity contribution in [2.45, 2.75) is 47.4 Å². The topological polar surface area (TPSA) is 128 Å². The molecule has 0 aromatic carbocycles. The smallest absolute Gasteiger partial charge is 0.344 e. The predicted molar refractivity (Wildman–Crippen MR) is 62.8 cm³/mol. The third kappa shape index (κ3) is 4.15. The van der Waals surface area contributed by atoms with Crippen molar-refractivity contribution >= 4 is 7.60 Å². The second-order valence-corrected chi connectivity index (χ2v) is 6.68. The van der Waals surface area contributed by atoms with E-state index in [-0.39, 0.29) is 12.3 Å². The fraction of sp³-hybridized carbons (Fsp3) is 1.00. The highest BCUT2D eigenvalue weighted by Gasteiger charge is 2.96. The first kappa shape index (κ1) is 34.5.